The number of hydrogen-bond acceptors (Lipinski definition) is 11. The maximum Gasteiger partial charge on any atom is 0.308 e. The van der Waals surface area contributed by atoms with E-state index in [0.29, 0.717) is 57.8 Å². The molecule has 0 fully saturated rings. The zero-order chi connectivity index (χ0) is 35.2. The molecule has 0 aliphatic rings. The molecule has 0 saturated carbocycles. The summed E-state index contributed by atoms with van der Waals surface area (Å²) in [6, 6.07) is 21.9. The van der Waals surface area contributed by atoms with Crippen LogP contribution in [0.1, 0.15) is 45.7 Å². The predicted molar refractivity (Wildman–Crippen MR) is 177 cm³/mol. The number of benzene rings is 4. The van der Waals surface area contributed by atoms with Crippen LogP contribution in [0.3, 0.4) is 0 Å². The van der Waals surface area contributed by atoms with Crippen molar-refractivity contribution in [1.29, 1.82) is 0 Å². The van der Waals surface area contributed by atoms with Gasteiger partial charge in [-0.2, -0.15) is 0 Å². The Labute approximate surface area is 281 Å². The molecule has 49 heavy (non-hydrogen) atoms. The van der Waals surface area contributed by atoms with Gasteiger partial charge in [0, 0.05) is 63.3 Å². The normalized spacial score (nSPS) is 10.7. The lowest BCUT2D eigenvalue weighted by Gasteiger charge is -2.13. The number of carbonyl (C=O) groups is 5. The number of aryl methyl sites for hydroxylation is 2. The molecule has 0 atom stereocenters. The lowest BCUT2D eigenvalue weighted by atomic mass is 9.93. The Hall–Kier alpha value is -6.23. The fourth-order valence-electron chi connectivity index (χ4n) is 5.36. The quantitative estimate of drug-likeness (QED) is 0.111. The lowest BCUT2D eigenvalue weighted by Crippen LogP contribution is -2.05. The minimum absolute atomic E-state index is 0.137. The van der Waals surface area contributed by atoms with Crippen molar-refractivity contribution in [2.24, 2.45) is 0 Å². The van der Waals surface area contributed by atoms with Crippen LogP contribution in [0.15, 0.2) is 83.3 Å². The maximum atomic E-state index is 12.0. The molecule has 0 amide bonds. The Kier molecular flexibility index (Phi) is 10.2. The summed E-state index contributed by atoms with van der Waals surface area (Å²) in [5.41, 5.74) is 3.77. The SMILES string of the molecule is CC(=O)Oc1ccc(CCc2cc(OC(C)=O)cc3oc(-c4ccc(OC(C)=O)cc4)c(-c4cc(OC(C)=O)cc(OC(C)=O)c4)c23)cc1. The highest BCUT2D eigenvalue weighted by atomic mass is 16.6. The van der Waals surface area contributed by atoms with Crippen LogP contribution in [0.2, 0.25) is 0 Å². The van der Waals surface area contributed by atoms with Crippen molar-refractivity contribution < 1.29 is 52.1 Å². The Morgan fingerprint density at radius 1 is 0.490 bits per heavy atom. The molecule has 11 heteroatoms. The van der Waals surface area contributed by atoms with Crippen LogP contribution >= 0.6 is 0 Å². The van der Waals surface area contributed by atoms with E-state index in [-0.39, 0.29) is 17.2 Å². The average molecular weight is 665 g/mol. The average Bonchev–Trinajstić information content (AvgIpc) is 3.39. The predicted octanol–water partition coefficient (Wildman–Crippen LogP) is 7.18. The van der Waals surface area contributed by atoms with Gasteiger partial charge >= 0.3 is 29.8 Å². The number of rotatable bonds is 10. The van der Waals surface area contributed by atoms with Gasteiger partial charge in [-0.15, -0.1) is 0 Å². The van der Waals surface area contributed by atoms with E-state index in [1.165, 1.54) is 40.7 Å². The first kappa shape index (κ1) is 34.1. The monoisotopic (exact) mass is 664 g/mol. The number of furan rings is 1. The van der Waals surface area contributed by atoms with Gasteiger partial charge in [0.15, 0.2) is 0 Å². The molecule has 1 heterocycles. The smallest absolute Gasteiger partial charge is 0.308 e. The van der Waals surface area contributed by atoms with E-state index in [4.69, 9.17) is 28.1 Å². The first-order valence-electron chi connectivity index (χ1n) is 15.2. The van der Waals surface area contributed by atoms with Crippen LogP contribution in [0.5, 0.6) is 28.7 Å². The first-order chi connectivity index (χ1) is 23.3. The third-order valence-electron chi connectivity index (χ3n) is 7.05. The molecule has 0 radical (unpaired) electrons. The van der Waals surface area contributed by atoms with Gasteiger partial charge < -0.3 is 28.1 Å². The van der Waals surface area contributed by atoms with Crippen LogP contribution in [0, 0.1) is 0 Å². The second-order valence-electron chi connectivity index (χ2n) is 11.1. The van der Waals surface area contributed by atoms with Crippen molar-refractivity contribution in [2.75, 3.05) is 0 Å². The molecule has 5 aromatic rings. The fourth-order valence-corrected chi connectivity index (χ4v) is 5.36. The van der Waals surface area contributed by atoms with Crippen molar-refractivity contribution >= 4 is 40.8 Å². The minimum Gasteiger partial charge on any atom is -0.455 e. The molecular weight excluding hydrogens is 632 g/mol. The van der Waals surface area contributed by atoms with E-state index in [1.54, 1.807) is 60.7 Å². The Morgan fingerprint density at radius 3 is 1.43 bits per heavy atom. The highest BCUT2D eigenvalue weighted by molar-refractivity contribution is 6.04. The van der Waals surface area contributed by atoms with Crippen molar-refractivity contribution in [3.05, 3.63) is 90.0 Å². The highest BCUT2D eigenvalue weighted by Crippen LogP contribution is 2.46. The number of hydrogen-bond donors (Lipinski definition) is 0. The molecule has 0 bridgehead atoms. The summed E-state index contributed by atoms with van der Waals surface area (Å²) in [6.45, 7) is 6.45. The van der Waals surface area contributed by atoms with Crippen LogP contribution < -0.4 is 23.7 Å². The van der Waals surface area contributed by atoms with E-state index in [9.17, 15) is 24.0 Å². The molecule has 0 N–H and O–H groups in total. The zero-order valence-electron chi connectivity index (χ0n) is 27.4. The number of fused-ring (bicyclic) bond motifs is 1. The van der Waals surface area contributed by atoms with Gasteiger partial charge in [-0.1, -0.05) is 12.1 Å². The molecule has 1 aromatic heterocycles. The summed E-state index contributed by atoms with van der Waals surface area (Å²) in [4.78, 5) is 58.9. The topological polar surface area (TPSA) is 145 Å². The van der Waals surface area contributed by atoms with Crippen LogP contribution in [-0.4, -0.2) is 29.8 Å². The van der Waals surface area contributed by atoms with Gasteiger partial charge in [0.05, 0.1) is 0 Å². The summed E-state index contributed by atoms with van der Waals surface area (Å²) >= 11 is 0. The van der Waals surface area contributed by atoms with Gasteiger partial charge in [0.25, 0.3) is 0 Å². The lowest BCUT2D eigenvalue weighted by molar-refractivity contribution is -0.133. The summed E-state index contributed by atoms with van der Waals surface area (Å²) in [5.74, 6) is -0.857. The third kappa shape index (κ3) is 8.77. The summed E-state index contributed by atoms with van der Waals surface area (Å²) in [7, 11) is 0. The highest BCUT2D eigenvalue weighted by Gasteiger charge is 2.24. The number of ether oxygens (including phenoxy) is 5. The van der Waals surface area contributed by atoms with E-state index in [2.05, 4.69) is 0 Å². The second-order valence-corrected chi connectivity index (χ2v) is 11.1. The first-order valence-corrected chi connectivity index (χ1v) is 15.2. The molecule has 250 valence electrons. The zero-order valence-corrected chi connectivity index (χ0v) is 27.4. The van der Waals surface area contributed by atoms with Crippen LogP contribution in [0.4, 0.5) is 0 Å². The fraction of sp³-hybridized carbons (Fsp3) is 0.184. The Balaban J connectivity index is 1.73. The molecule has 4 aromatic carbocycles. The molecule has 0 unspecified atom stereocenters. The Morgan fingerprint density at radius 2 is 0.939 bits per heavy atom. The summed E-state index contributed by atoms with van der Waals surface area (Å²) < 4.78 is 33.2. The minimum atomic E-state index is -0.573. The molecule has 5 rings (SSSR count). The summed E-state index contributed by atoms with van der Waals surface area (Å²) in [6.07, 6.45) is 0.999. The molecule has 11 nitrogen and oxygen atoms in total. The van der Waals surface area contributed by atoms with Crippen LogP contribution in [-0.2, 0) is 36.8 Å². The molecule has 0 spiro atoms. The van der Waals surface area contributed by atoms with Gasteiger partial charge in [0.2, 0.25) is 0 Å². The molecule has 0 aliphatic heterocycles. The standard InChI is InChI=1S/C38H32O11/c1-21(39)44-30-12-7-26(8-13-30)6-9-28-16-34(48-25(5)43)20-35-36(28)37(38(49-35)27-10-14-31(15-11-27)45-22(2)40)29-17-32(46-23(3)41)19-33(18-29)47-24(4)42/h7-8,10-20H,6,9H2,1-5H3. The maximum absolute atomic E-state index is 12.0. The van der Waals surface area contributed by atoms with Crippen molar-refractivity contribution in [3.8, 4) is 51.2 Å². The third-order valence-corrected chi connectivity index (χ3v) is 7.05. The van der Waals surface area contributed by atoms with Gasteiger partial charge in [-0.05, 0) is 84.1 Å². The molecule has 0 saturated heterocycles. The number of carbonyl (C=O) groups excluding carboxylic acids is 5. The van der Waals surface area contributed by atoms with Crippen molar-refractivity contribution in [2.45, 2.75) is 47.5 Å². The van der Waals surface area contributed by atoms with E-state index in [0.717, 1.165) is 11.1 Å². The van der Waals surface area contributed by atoms with Gasteiger partial charge in [0.1, 0.15) is 40.1 Å². The van der Waals surface area contributed by atoms with Gasteiger partial charge in [-0.3, -0.25) is 24.0 Å². The Bertz CT molecular complexity index is 2040. The van der Waals surface area contributed by atoms with E-state index in [1.807, 2.05) is 12.1 Å². The summed E-state index contributed by atoms with van der Waals surface area (Å²) in [5, 5.41) is 0.667. The molecular formula is C38H32O11. The largest absolute Gasteiger partial charge is 0.455 e. The number of esters is 5. The molecule has 0 aliphatic carbocycles. The van der Waals surface area contributed by atoms with Crippen molar-refractivity contribution in [1.82, 2.24) is 0 Å². The van der Waals surface area contributed by atoms with E-state index < -0.39 is 29.8 Å². The van der Waals surface area contributed by atoms with Crippen LogP contribution in [0.25, 0.3) is 33.4 Å². The van der Waals surface area contributed by atoms with Gasteiger partial charge in [-0.25, -0.2) is 0 Å². The van der Waals surface area contributed by atoms with Crippen molar-refractivity contribution in [3.63, 3.8) is 0 Å². The van der Waals surface area contributed by atoms with E-state index >= 15 is 0 Å². The second kappa shape index (κ2) is 14.7.